The zero-order chi connectivity index (χ0) is 10.4. The molecule has 0 aromatic carbocycles. The smallest absolute Gasteiger partial charge is 0.0420 e. The van der Waals surface area contributed by atoms with Crippen LogP contribution < -0.4 is 5.32 Å². The first-order valence-electron chi connectivity index (χ1n) is 5.05. The monoisotopic (exact) mass is 229 g/mol. The molecule has 0 fully saturated rings. The standard InChI is InChI=1S/C11H19NS2/c1-4-5-12-11(8-13-3)10-6-9(2)14-7-10/h6-7,11-12H,4-5,8H2,1-3H3. The molecule has 1 N–H and O–H groups in total. The Morgan fingerprint density at radius 1 is 1.57 bits per heavy atom. The number of nitrogens with one attached hydrogen (secondary N) is 1. The van der Waals surface area contributed by atoms with Crippen molar-refractivity contribution in [1.82, 2.24) is 5.32 Å². The van der Waals surface area contributed by atoms with Gasteiger partial charge in [0, 0.05) is 16.7 Å². The minimum atomic E-state index is 0.537. The minimum Gasteiger partial charge on any atom is -0.309 e. The minimum absolute atomic E-state index is 0.537. The molecule has 3 heteroatoms. The van der Waals surface area contributed by atoms with E-state index in [4.69, 9.17) is 0 Å². The highest BCUT2D eigenvalue weighted by Gasteiger charge is 2.10. The predicted molar refractivity (Wildman–Crippen MR) is 68.5 cm³/mol. The van der Waals surface area contributed by atoms with Crippen molar-refractivity contribution in [3.8, 4) is 0 Å². The Balaban J connectivity index is 2.57. The average Bonchev–Trinajstić information content (AvgIpc) is 2.59. The van der Waals surface area contributed by atoms with Crippen LogP contribution in [-0.2, 0) is 0 Å². The van der Waals surface area contributed by atoms with Gasteiger partial charge >= 0.3 is 0 Å². The molecular weight excluding hydrogens is 210 g/mol. The van der Waals surface area contributed by atoms with Gasteiger partial charge in [-0.3, -0.25) is 0 Å². The van der Waals surface area contributed by atoms with E-state index in [-0.39, 0.29) is 0 Å². The third kappa shape index (κ3) is 3.64. The Kier molecular flexibility index (Phi) is 5.60. The molecule has 0 bridgehead atoms. The summed E-state index contributed by atoms with van der Waals surface area (Å²) >= 11 is 3.75. The fourth-order valence-corrected chi connectivity index (χ4v) is 2.81. The van der Waals surface area contributed by atoms with Gasteiger partial charge in [-0.05, 0) is 43.2 Å². The van der Waals surface area contributed by atoms with Gasteiger partial charge in [-0.1, -0.05) is 6.92 Å². The second-order valence-electron chi connectivity index (χ2n) is 3.45. The summed E-state index contributed by atoms with van der Waals surface area (Å²) in [6.07, 6.45) is 3.37. The molecule has 0 saturated carbocycles. The van der Waals surface area contributed by atoms with E-state index in [2.05, 4.69) is 36.9 Å². The SMILES string of the molecule is CCCNC(CSC)c1csc(C)c1. The summed E-state index contributed by atoms with van der Waals surface area (Å²) in [4.78, 5) is 1.41. The van der Waals surface area contributed by atoms with Crippen molar-refractivity contribution in [2.75, 3.05) is 18.6 Å². The fourth-order valence-electron chi connectivity index (χ4n) is 1.40. The summed E-state index contributed by atoms with van der Waals surface area (Å²) in [6.45, 7) is 5.49. The highest BCUT2D eigenvalue weighted by molar-refractivity contribution is 7.98. The van der Waals surface area contributed by atoms with Gasteiger partial charge in [0.15, 0.2) is 0 Å². The maximum atomic E-state index is 3.59. The molecule has 1 rings (SSSR count). The van der Waals surface area contributed by atoms with Crippen molar-refractivity contribution in [2.24, 2.45) is 0 Å². The van der Waals surface area contributed by atoms with Crippen LogP contribution in [0, 0.1) is 6.92 Å². The number of thiophene rings is 1. The Bertz CT molecular complexity index is 258. The molecule has 0 amide bonds. The van der Waals surface area contributed by atoms with Crippen LogP contribution in [0.4, 0.5) is 0 Å². The highest BCUT2D eigenvalue weighted by Crippen LogP contribution is 2.22. The maximum Gasteiger partial charge on any atom is 0.0420 e. The molecule has 1 heterocycles. The Labute approximate surface area is 95.3 Å². The first-order valence-corrected chi connectivity index (χ1v) is 7.32. The first kappa shape index (κ1) is 12.1. The van der Waals surface area contributed by atoms with Crippen LogP contribution in [0.15, 0.2) is 11.4 Å². The van der Waals surface area contributed by atoms with Crippen molar-refractivity contribution < 1.29 is 0 Å². The second-order valence-corrected chi connectivity index (χ2v) is 5.48. The number of aryl methyl sites for hydroxylation is 1. The highest BCUT2D eigenvalue weighted by atomic mass is 32.2. The largest absolute Gasteiger partial charge is 0.309 e. The lowest BCUT2D eigenvalue weighted by atomic mass is 10.1. The van der Waals surface area contributed by atoms with E-state index in [0.717, 1.165) is 12.3 Å². The number of hydrogen-bond donors (Lipinski definition) is 1. The molecule has 0 aliphatic rings. The normalized spacial score (nSPS) is 13.1. The lowest BCUT2D eigenvalue weighted by molar-refractivity contribution is 0.579. The van der Waals surface area contributed by atoms with Crippen LogP contribution in [0.1, 0.15) is 29.8 Å². The second kappa shape index (κ2) is 6.49. The summed E-state index contributed by atoms with van der Waals surface area (Å²) in [5, 5.41) is 5.86. The number of thioether (sulfide) groups is 1. The van der Waals surface area contributed by atoms with E-state index in [0.29, 0.717) is 6.04 Å². The zero-order valence-corrected chi connectivity index (χ0v) is 10.8. The van der Waals surface area contributed by atoms with Gasteiger partial charge in [0.1, 0.15) is 0 Å². The molecule has 1 aromatic heterocycles. The molecule has 0 saturated heterocycles. The number of hydrogen-bond acceptors (Lipinski definition) is 3. The molecule has 1 unspecified atom stereocenters. The van der Waals surface area contributed by atoms with Gasteiger partial charge < -0.3 is 5.32 Å². The molecule has 14 heavy (non-hydrogen) atoms. The maximum absolute atomic E-state index is 3.59. The van der Waals surface area contributed by atoms with E-state index in [1.165, 1.54) is 16.9 Å². The third-order valence-electron chi connectivity index (χ3n) is 2.13. The Morgan fingerprint density at radius 3 is 2.86 bits per heavy atom. The van der Waals surface area contributed by atoms with E-state index in [1.807, 2.05) is 23.1 Å². The van der Waals surface area contributed by atoms with E-state index < -0.39 is 0 Å². The van der Waals surface area contributed by atoms with Crippen LogP contribution in [0.5, 0.6) is 0 Å². The quantitative estimate of drug-likeness (QED) is 0.802. The lowest BCUT2D eigenvalue weighted by Crippen LogP contribution is -2.23. The summed E-state index contributed by atoms with van der Waals surface area (Å²) in [5.41, 5.74) is 1.45. The van der Waals surface area contributed by atoms with Crippen LogP contribution in [0.25, 0.3) is 0 Å². The molecule has 1 atom stereocenters. The average molecular weight is 229 g/mol. The van der Waals surface area contributed by atoms with Gasteiger partial charge in [-0.2, -0.15) is 11.8 Å². The van der Waals surface area contributed by atoms with Crippen molar-refractivity contribution in [1.29, 1.82) is 0 Å². The van der Waals surface area contributed by atoms with Crippen molar-refractivity contribution >= 4 is 23.1 Å². The zero-order valence-electron chi connectivity index (χ0n) is 9.17. The van der Waals surface area contributed by atoms with Gasteiger partial charge in [-0.25, -0.2) is 0 Å². The Hall–Kier alpha value is 0.0100. The van der Waals surface area contributed by atoms with E-state index in [9.17, 15) is 0 Å². The van der Waals surface area contributed by atoms with Gasteiger partial charge in [0.05, 0.1) is 0 Å². The summed E-state index contributed by atoms with van der Waals surface area (Å²) in [5.74, 6) is 1.16. The van der Waals surface area contributed by atoms with E-state index in [1.54, 1.807) is 0 Å². The molecular formula is C11H19NS2. The first-order chi connectivity index (χ1) is 6.77. The van der Waals surface area contributed by atoms with Crippen LogP contribution in [-0.4, -0.2) is 18.6 Å². The summed E-state index contributed by atoms with van der Waals surface area (Å²) < 4.78 is 0. The van der Waals surface area contributed by atoms with Gasteiger partial charge in [0.25, 0.3) is 0 Å². The molecule has 0 aliphatic carbocycles. The van der Waals surface area contributed by atoms with E-state index >= 15 is 0 Å². The van der Waals surface area contributed by atoms with Crippen LogP contribution in [0.2, 0.25) is 0 Å². The van der Waals surface area contributed by atoms with Crippen molar-refractivity contribution in [3.63, 3.8) is 0 Å². The molecule has 1 nitrogen and oxygen atoms in total. The van der Waals surface area contributed by atoms with Crippen LogP contribution >= 0.6 is 23.1 Å². The third-order valence-corrected chi connectivity index (χ3v) is 3.67. The topological polar surface area (TPSA) is 12.0 Å². The fraction of sp³-hybridized carbons (Fsp3) is 0.636. The van der Waals surface area contributed by atoms with Crippen molar-refractivity contribution in [3.05, 3.63) is 21.9 Å². The van der Waals surface area contributed by atoms with Gasteiger partial charge in [-0.15, -0.1) is 11.3 Å². The summed E-state index contributed by atoms with van der Waals surface area (Å²) in [6, 6.07) is 2.84. The molecule has 1 aromatic rings. The van der Waals surface area contributed by atoms with Crippen LogP contribution in [0.3, 0.4) is 0 Å². The number of rotatable bonds is 6. The molecule has 80 valence electrons. The Morgan fingerprint density at radius 2 is 2.36 bits per heavy atom. The molecule has 0 spiro atoms. The molecule has 0 aliphatic heterocycles. The predicted octanol–water partition coefficient (Wildman–Crippen LogP) is 3.46. The van der Waals surface area contributed by atoms with Gasteiger partial charge in [0.2, 0.25) is 0 Å². The van der Waals surface area contributed by atoms with Crippen molar-refractivity contribution in [2.45, 2.75) is 26.3 Å². The molecule has 0 radical (unpaired) electrons. The lowest BCUT2D eigenvalue weighted by Gasteiger charge is -2.15. The summed E-state index contributed by atoms with van der Waals surface area (Å²) in [7, 11) is 0.